The molecule has 2 aromatic rings. The molecule has 0 fully saturated rings. The Hall–Kier alpha value is -2.05. The zero-order chi connectivity index (χ0) is 20.0. The van der Waals surface area contributed by atoms with Gasteiger partial charge in [0.1, 0.15) is 6.54 Å². The van der Waals surface area contributed by atoms with Crippen LogP contribution in [0.15, 0.2) is 48.5 Å². The van der Waals surface area contributed by atoms with Crippen LogP contribution in [0.1, 0.15) is 30.9 Å². The Labute approximate surface area is 166 Å². The van der Waals surface area contributed by atoms with Crippen LogP contribution in [-0.2, 0) is 21.2 Å². The fourth-order valence-corrected chi connectivity index (χ4v) is 3.59. The van der Waals surface area contributed by atoms with Gasteiger partial charge in [0.15, 0.2) is 0 Å². The Morgan fingerprint density at radius 2 is 1.67 bits per heavy atom. The quantitative estimate of drug-likeness (QED) is 0.725. The number of benzene rings is 2. The summed E-state index contributed by atoms with van der Waals surface area (Å²) in [6.45, 7) is 4.31. The normalized spacial score (nSPS) is 11.4. The zero-order valence-electron chi connectivity index (χ0n) is 15.8. The van der Waals surface area contributed by atoms with E-state index in [4.69, 9.17) is 11.6 Å². The number of nitrogens with zero attached hydrogens (tertiary/aromatic N) is 1. The molecule has 7 heteroatoms. The third kappa shape index (κ3) is 6.56. The van der Waals surface area contributed by atoms with Crippen LogP contribution in [0.25, 0.3) is 0 Å². The molecule has 0 aliphatic rings. The first kappa shape index (κ1) is 21.3. The Bertz CT molecular complexity index is 863. The molecule has 0 unspecified atom stereocenters. The number of amides is 1. The van der Waals surface area contributed by atoms with Gasteiger partial charge in [-0.05, 0) is 47.7 Å². The van der Waals surface area contributed by atoms with Crippen molar-refractivity contribution in [3.63, 3.8) is 0 Å². The highest BCUT2D eigenvalue weighted by atomic mass is 35.5. The number of carbonyl (C=O) groups is 1. The molecule has 0 aromatic heterocycles. The van der Waals surface area contributed by atoms with E-state index < -0.39 is 10.0 Å². The number of nitrogens with one attached hydrogen (secondary N) is 1. The van der Waals surface area contributed by atoms with Crippen LogP contribution in [0.2, 0.25) is 5.02 Å². The summed E-state index contributed by atoms with van der Waals surface area (Å²) in [6.07, 6.45) is 1.75. The molecular weight excluding hydrogens is 384 g/mol. The van der Waals surface area contributed by atoms with Gasteiger partial charge in [-0.2, -0.15) is 0 Å². The lowest BCUT2D eigenvalue weighted by molar-refractivity contribution is -0.119. The molecule has 0 atom stereocenters. The van der Waals surface area contributed by atoms with Crippen molar-refractivity contribution in [2.75, 3.05) is 23.7 Å². The van der Waals surface area contributed by atoms with Crippen LogP contribution < -0.4 is 9.62 Å². The fraction of sp³-hybridized carbons (Fsp3) is 0.350. The molecule has 0 bridgehead atoms. The minimum Gasteiger partial charge on any atom is -0.354 e. The lowest BCUT2D eigenvalue weighted by atomic mass is 10.0. The van der Waals surface area contributed by atoms with Crippen molar-refractivity contribution in [3.05, 3.63) is 64.7 Å². The van der Waals surface area contributed by atoms with Crippen molar-refractivity contribution in [1.82, 2.24) is 5.32 Å². The van der Waals surface area contributed by atoms with Gasteiger partial charge in [0.05, 0.1) is 11.9 Å². The molecule has 5 nitrogen and oxygen atoms in total. The van der Waals surface area contributed by atoms with Crippen LogP contribution in [0.5, 0.6) is 0 Å². The average Bonchev–Trinajstić information content (AvgIpc) is 2.60. The van der Waals surface area contributed by atoms with Crippen molar-refractivity contribution in [2.45, 2.75) is 26.2 Å². The van der Waals surface area contributed by atoms with E-state index in [1.807, 2.05) is 24.3 Å². The second-order valence-electron chi connectivity index (χ2n) is 6.74. The number of anilines is 1. The Balaban J connectivity index is 1.98. The maximum absolute atomic E-state index is 12.3. The van der Waals surface area contributed by atoms with E-state index in [1.165, 1.54) is 0 Å². The number of halogens is 1. The summed E-state index contributed by atoms with van der Waals surface area (Å²) in [7, 11) is -3.57. The van der Waals surface area contributed by atoms with E-state index in [-0.39, 0.29) is 12.5 Å². The van der Waals surface area contributed by atoms with E-state index in [2.05, 4.69) is 19.2 Å². The van der Waals surface area contributed by atoms with Gasteiger partial charge in [0.2, 0.25) is 15.9 Å². The Kier molecular flexibility index (Phi) is 7.27. The average molecular weight is 409 g/mol. The van der Waals surface area contributed by atoms with Crippen molar-refractivity contribution >= 4 is 33.2 Å². The molecule has 0 spiro atoms. The van der Waals surface area contributed by atoms with Gasteiger partial charge in [-0.15, -0.1) is 0 Å². The largest absolute Gasteiger partial charge is 0.354 e. The summed E-state index contributed by atoms with van der Waals surface area (Å²) in [4.78, 5) is 12.3. The van der Waals surface area contributed by atoms with E-state index in [0.717, 1.165) is 21.7 Å². The molecule has 1 amide bonds. The highest BCUT2D eigenvalue weighted by Gasteiger charge is 2.20. The molecule has 0 aliphatic carbocycles. The highest BCUT2D eigenvalue weighted by molar-refractivity contribution is 7.92. The third-order valence-electron chi connectivity index (χ3n) is 4.18. The van der Waals surface area contributed by atoms with Crippen molar-refractivity contribution in [3.8, 4) is 0 Å². The lowest BCUT2D eigenvalue weighted by Crippen LogP contribution is -2.40. The first-order valence-electron chi connectivity index (χ1n) is 8.75. The number of carbonyl (C=O) groups excluding carboxylic acids is 1. The molecule has 0 heterocycles. The Morgan fingerprint density at radius 3 is 2.19 bits per heavy atom. The first-order chi connectivity index (χ1) is 12.7. The molecule has 146 valence electrons. The topological polar surface area (TPSA) is 66.5 Å². The number of hydrogen-bond donors (Lipinski definition) is 1. The van der Waals surface area contributed by atoms with Gasteiger partial charge in [-0.25, -0.2) is 8.42 Å². The summed E-state index contributed by atoms with van der Waals surface area (Å²) in [5.41, 5.74) is 2.64. The number of sulfonamides is 1. The minimum atomic E-state index is -3.57. The zero-order valence-corrected chi connectivity index (χ0v) is 17.3. The predicted molar refractivity (Wildman–Crippen MR) is 111 cm³/mol. The number of hydrogen-bond acceptors (Lipinski definition) is 3. The third-order valence-corrected chi connectivity index (χ3v) is 5.58. The van der Waals surface area contributed by atoms with Crippen LogP contribution >= 0.6 is 11.6 Å². The van der Waals surface area contributed by atoms with Crippen LogP contribution in [0.3, 0.4) is 0 Å². The second-order valence-corrected chi connectivity index (χ2v) is 9.09. The van der Waals surface area contributed by atoms with Gasteiger partial charge >= 0.3 is 0 Å². The second kappa shape index (κ2) is 9.24. The summed E-state index contributed by atoms with van der Waals surface area (Å²) in [6, 6.07) is 14.6. The molecule has 0 saturated carbocycles. The van der Waals surface area contributed by atoms with E-state index in [9.17, 15) is 13.2 Å². The van der Waals surface area contributed by atoms with Crippen LogP contribution in [-0.4, -0.2) is 33.7 Å². The molecule has 2 aromatic carbocycles. The van der Waals surface area contributed by atoms with E-state index in [1.54, 1.807) is 24.3 Å². The van der Waals surface area contributed by atoms with Crippen molar-refractivity contribution in [1.29, 1.82) is 0 Å². The summed E-state index contributed by atoms with van der Waals surface area (Å²) in [5.74, 6) is 0.00391. The standard InChI is InChI=1S/C20H25ClN2O3S/c1-15(2)17-6-10-19(11-7-17)23(27(3,25)26)14-20(24)22-13-12-16-4-8-18(21)9-5-16/h4-11,15H,12-14H2,1-3H3,(H,22,24). The lowest BCUT2D eigenvalue weighted by Gasteiger charge is -2.22. The number of rotatable bonds is 8. The van der Waals surface area contributed by atoms with E-state index in [0.29, 0.717) is 29.6 Å². The fourth-order valence-electron chi connectivity index (χ4n) is 2.61. The van der Waals surface area contributed by atoms with Crippen LogP contribution in [0.4, 0.5) is 5.69 Å². The molecule has 27 heavy (non-hydrogen) atoms. The monoisotopic (exact) mass is 408 g/mol. The predicted octanol–water partition coefficient (Wildman–Crippen LogP) is 3.59. The smallest absolute Gasteiger partial charge is 0.240 e. The van der Waals surface area contributed by atoms with Crippen molar-refractivity contribution < 1.29 is 13.2 Å². The first-order valence-corrected chi connectivity index (χ1v) is 11.0. The maximum Gasteiger partial charge on any atom is 0.240 e. The maximum atomic E-state index is 12.3. The highest BCUT2D eigenvalue weighted by Crippen LogP contribution is 2.21. The van der Waals surface area contributed by atoms with Gasteiger partial charge in [0.25, 0.3) is 0 Å². The Morgan fingerprint density at radius 1 is 1.07 bits per heavy atom. The molecular formula is C20H25ClN2O3S. The van der Waals surface area contributed by atoms with Crippen LogP contribution in [0, 0.1) is 0 Å². The molecule has 0 aliphatic heterocycles. The van der Waals surface area contributed by atoms with Gasteiger partial charge in [0, 0.05) is 11.6 Å². The molecule has 0 radical (unpaired) electrons. The van der Waals surface area contributed by atoms with Gasteiger partial charge in [-0.3, -0.25) is 9.10 Å². The molecule has 2 rings (SSSR count). The minimum absolute atomic E-state index is 0.250. The molecule has 1 N–H and O–H groups in total. The molecule has 0 saturated heterocycles. The SMILES string of the molecule is CC(C)c1ccc(N(CC(=O)NCCc2ccc(Cl)cc2)S(C)(=O)=O)cc1. The summed E-state index contributed by atoms with van der Waals surface area (Å²) < 4.78 is 25.4. The van der Waals surface area contributed by atoms with E-state index >= 15 is 0 Å². The van der Waals surface area contributed by atoms with Crippen molar-refractivity contribution in [2.24, 2.45) is 0 Å². The van der Waals surface area contributed by atoms with Gasteiger partial charge < -0.3 is 5.32 Å². The summed E-state index contributed by atoms with van der Waals surface area (Å²) >= 11 is 5.85. The summed E-state index contributed by atoms with van der Waals surface area (Å²) in [5, 5.41) is 3.43. The van der Waals surface area contributed by atoms with Gasteiger partial charge in [-0.1, -0.05) is 49.7 Å².